The summed E-state index contributed by atoms with van der Waals surface area (Å²) in [6, 6.07) is 5.42. The van der Waals surface area contributed by atoms with Crippen LogP contribution in [-0.4, -0.2) is 18.2 Å². The Morgan fingerprint density at radius 2 is 2.16 bits per heavy atom. The molecule has 2 aromatic rings. The van der Waals surface area contributed by atoms with Crippen LogP contribution in [0.3, 0.4) is 0 Å². The Labute approximate surface area is 120 Å². The average Bonchev–Trinajstić information content (AvgIpc) is 2.82. The van der Waals surface area contributed by atoms with Gasteiger partial charge in [0.05, 0.1) is 11.9 Å². The molecule has 2 rings (SSSR count). The Morgan fingerprint density at radius 3 is 2.74 bits per heavy atom. The first-order valence-corrected chi connectivity index (χ1v) is 8.01. The van der Waals surface area contributed by atoms with Crippen molar-refractivity contribution in [2.75, 3.05) is 4.72 Å². The van der Waals surface area contributed by atoms with Gasteiger partial charge >= 0.3 is 0 Å². The Morgan fingerprint density at radius 1 is 1.42 bits per heavy atom. The quantitative estimate of drug-likeness (QED) is 0.928. The number of sulfonamides is 1. The number of hydrogen-bond acceptors (Lipinski definition) is 3. The minimum absolute atomic E-state index is 0.154. The Balaban J connectivity index is 2.30. The molecule has 102 valence electrons. The summed E-state index contributed by atoms with van der Waals surface area (Å²) in [6.45, 7) is 4.46. The number of aromatic nitrogens is 2. The predicted octanol–water partition coefficient (Wildman–Crippen LogP) is 2.77. The van der Waals surface area contributed by atoms with E-state index < -0.39 is 10.0 Å². The monoisotopic (exact) mass is 343 g/mol. The van der Waals surface area contributed by atoms with E-state index >= 15 is 0 Å². The molecule has 0 amide bonds. The summed E-state index contributed by atoms with van der Waals surface area (Å²) in [7, 11) is -3.60. The van der Waals surface area contributed by atoms with E-state index in [0.717, 1.165) is 5.56 Å². The lowest BCUT2D eigenvalue weighted by atomic mass is 10.2. The third-order valence-electron chi connectivity index (χ3n) is 2.61. The van der Waals surface area contributed by atoms with Crippen molar-refractivity contribution in [1.29, 1.82) is 0 Å². The van der Waals surface area contributed by atoms with E-state index in [1.807, 2.05) is 26.0 Å². The van der Waals surface area contributed by atoms with E-state index in [9.17, 15) is 8.42 Å². The molecule has 0 fully saturated rings. The van der Waals surface area contributed by atoms with Gasteiger partial charge < -0.3 is 0 Å². The molecule has 1 aromatic carbocycles. The third kappa shape index (κ3) is 3.16. The van der Waals surface area contributed by atoms with Crippen LogP contribution in [0.25, 0.3) is 0 Å². The lowest BCUT2D eigenvalue weighted by Crippen LogP contribution is -2.12. The molecule has 0 atom stereocenters. The van der Waals surface area contributed by atoms with Crippen molar-refractivity contribution < 1.29 is 8.42 Å². The van der Waals surface area contributed by atoms with Crippen LogP contribution in [0, 0.1) is 6.92 Å². The highest BCUT2D eigenvalue weighted by molar-refractivity contribution is 9.10. The molecule has 0 aliphatic rings. The lowest BCUT2D eigenvalue weighted by Gasteiger charge is -2.08. The second-order valence-electron chi connectivity index (χ2n) is 4.12. The van der Waals surface area contributed by atoms with Gasteiger partial charge in [-0.1, -0.05) is 6.07 Å². The van der Waals surface area contributed by atoms with Gasteiger partial charge in [-0.15, -0.1) is 0 Å². The van der Waals surface area contributed by atoms with Crippen molar-refractivity contribution >= 4 is 31.6 Å². The van der Waals surface area contributed by atoms with Crippen LogP contribution < -0.4 is 4.72 Å². The fraction of sp³-hybridized carbons (Fsp3) is 0.250. The smallest absolute Gasteiger partial charge is 0.265 e. The molecular formula is C12H14BrN3O2S. The van der Waals surface area contributed by atoms with Gasteiger partial charge in [-0.2, -0.15) is 5.10 Å². The molecule has 0 saturated heterocycles. The number of benzene rings is 1. The normalized spacial score (nSPS) is 11.5. The van der Waals surface area contributed by atoms with Gasteiger partial charge in [0.1, 0.15) is 4.90 Å². The van der Waals surface area contributed by atoms with Gasteiger partial charge in [0, 0.05) is 17.2 Å². The summed E-state index contributed by atoms with van der Waals surface area (Å²) in [5.74, 6) is 0. The second kappa shape index (κ2) is 5.34. The highest BCUT2D eigenvalue weighted by atomic mass is 79.9. The van der Waals surface area contributed by atoms with E-state index in [0.29, 0.717) is 16.7 Å². The van der Waals surface area contributed by atoms with E-state index in [-0.39, 0.29) is 4.90 Å². The number of halogens is 1. The van der Waals surface area contributed by atoms with E-state index in [4.69, 9.17) is 0 Å². The maximum absolute atomic E-state index is 12.2. The Hall–Kier alpha value is -1.34. The van der Waals surface area contributed by atoms with E-state index in [1.165, 1.54) is 12.4 Å². The maximum atomic E-state index is 12.2. The van der Waals surface area contributed by atoms with Gasteiger partial charge in [0.25, 0.3) is 10.0 Å². The van der Waals surface area contributed by atoms with Crippen LogP contribution >= 0.6 is 15.9 Å². The van der Waals surface area contributed by atoms with Crippen molar-refractivity contribution in [2.24, 2.45) is 0 Å². The maximum Gasteiger partial charge on any atom is 0.265 e. The first kappa shape index (κ1) is 14.1. The number of anilines is 1. The van der Waals surface area contributed by atoms with Crippen LogP contribution in [0.2, 0.25) is 0 Å². The zero-order valence-corrected chi connectivity index (χ0v) is 13.0. The minimum Gasteiger partial charge on any atom is -0.278 e. The molecule has 0 radical (unpaired) electrons. The van der Waals surface area contributed by atoms with E-state index in [2.05, 4.69) is 25.8 Å². The topological polar surface area (TPSA) is 64.0 Å². The largest absolute Gasteiger partial charge is 0.278 e. The summed E-state index contributed by atoms with van der Waals surface area (Å²) in [5, 5.41) is 3.96. The van der Waals surface area contributed by atoms with Crippen LogP contribution in [-0.2, 0) is 16.6 Å². The molecule has 1 N–H and O–H groups in total. The average molecular weight is 344 g/mol. The molecule has 0 bridgehead atoms. The molecule has 1 heterocycles. The Bertz CT molecular complexity index is 695. The fourth-order valence-corrected chi connectivity index (χ4v) is 3.32. The van der Waals surface area contributed by atoms with Gasteiger partial charge in [0.2, 0.25) is 0 Å². The summed E-state index contributed by atoms with van der Waals surface area (Å²) < 4.78 is 29.2. The number of nitrogens with zero attached hydrogens (tertiary/aromatic N) is 2. The SMILES string of the molecule is CCn1cc(S(=O)(=O)Nc2ccc(C)cc2Br)cn1. The number of aryl methyl sites for hydroxylation is 2. The molecule has 0 aliphatic carbocycles. The minimum atomic E-state index is -3.60. The van der Waals surface area contributed by atoms with Gasteiger partial charge in [-0.05, 0) is 47.5 Å². The summed E-state index contributed by atoms with van der Waals surface area (Å²) in [6.07, 6.45) is 2.85. The molecule has 19 heavy (non-hydrogen) atoms. The first-order chi connectivity index (χ1) is 8.92. The van der Waals surface area contributed by atoms with E-state index in [1.54, 1.807) is 10.7 Å². The molecule has 5 nitrogen and oxygen atoms in total. The molecule has 0 aliphatic heterocycles. The van der Waals surface area contributed by atoms with Gasteiger partial charge in [-0.25, -0.2) is 8.42 Å². The number of nitrogens with one attached hydrogen (secondary N) is 1. The van der Waals surface area contributed by atoms with Crippen LogP contribution in [0.15, 0.2) is 40.0 Å². The standard InChI is InChI=1S/C12H14BrN3O2S/c1-3-16-8-10(7-14-16)19(17,18)15-12-5-4-9(2)6-11(12)13/h4-8,15H,3H2,1-2H3. The summed E-state index contributed by atoms with van der Waals surface area (Å²) >= 11 is 3.34. The molecule has 7 heteroatoms. The molecule has 0 spiro atoms. The van der Waals surface area contributed by atoms with Crippen LogP contribution in [0.4, 0.5) is 5.69 Å². The van der Waals surface area contributed by atoms with Crippen molar-refractivity contribution in [3.8, 4) is 0 Å². The molecule has 0 unspecified atom stereocenters. The molecule has 1 aromatic heterocycles. The lowest BCUT2D eigenvalue weighted by molar-refractivity contribution is 0.600. The third-order valence-corrected chi connectivity index (χ3v) is 4.59. The summed E-state index contributed by atoms with van der Waals surface area (Å²) in [4.78, 5) is 0.154. The van der Waals surface area contributed by atoms with Crippen molar-refractivity contribution in [3.05, 3.63) is 40.6 Å². The number of hydrogen-bond donors (Lipinski definition) is 1. The fourth-order valence-electron chi connectivity index (χ4n) is 1.56. The summed E-state index contributed by atoms with van der Waals surface area (Å²) in [5.41, 5.74) is 1.56. The first-order valence-electron chi connectivity index (χ1n) is 5.74. The Kier molecular flexibility index (Phi) is 3.96. The van der Waals surface area contributed by atoms with Gasteiger partial charge in [0.15, 0.2) is 0 Å². The number of rotatable bonds is 4. The van der Waals surface area contributed by atoms with Crippen LogP contribution in [0.1, 0.15) is 12.5 Å². The van der Waals surface area contributed by atoms with Crippen molar-refractivity contribution in [3.63, 3.8) is 0 Å². The van der Waals surface area contributed by atoms with Crippen molar-refractivity contribution in [1.82, 2.24) is 9.78 Å². The zero-order chi connectivity index (χ0) is 14.0. The highest BCUT2D eigenvalue weighted by Gasteiger charge is 2.17. The zero-order valence-electron chi connectivity index (χ0n) is 10.6. The van der Waals surface area contributed by atoms with Crippen molar-refractivity contribution in [2.45, 2.75) is 25.3 Å². The second-order valence-corrected chi connectivity index (χ2v) is 6.66. The molecule has 0 saturated carbocycles. The van der Waals surface area contributed by atoms with Gasteiger partial charge in [-0.3, -0.25) is 9.40 Å². The molecular weight excluding hydrogens is 330 g/mol. The van der Waals surface area contributed by atoms with Crippen LogP contribution in [0.5, 0.6) is 0 Å². The highest BCUT2D eigenvalue weighted by Crippen LogP contribution is 2.25. The predicted molar refractivity (Wildman–Crippen MR) is 77.6 cm³/mol.